The Labute approximate surface area is 177 Å². The number of oxazole rings is 1. The standard InChI is InChI=1S/C22H21N5O4/c1-14(2)26(12-20-24-19-6-4-3-5-18(19)21(28)25-20)11-16-13-31-22(23-16)15-7-9-17(10-8-15)27(29)30/h3-10,13-14H,11-12H2,1-2H3,(H,24,25,28). The first-order valence-corrected chi connectivity index (χ1v) is 9.82. The van der Waals surface area contributed by atoms with Crippen LogP contribution in [0.5, 0.6) is 0 Å². The minimum atomic E-state index is -0.448. The highest BCUT2D eigenvalue weighted by Crippen LogP contribution is 2.23. The lowest BCUT2D eigenvalue weighted by Crippen LogP contribution is -2.31. The Kier molecular flexibility index (Phi) is 5.59. The molecule has 2 heterocycles. The first-order chi connectivity index (χ1) is 14.9. The molecule has 158 valence electrons. The van der Waals surface area contributed by atoms with Crippen LogP contribution in [0.25, 0.3) is 22.4 Å². The summed E-state index contributed by atoms with van der Waals surface area (Å²) in [6.07, 6.45) is 1.57. The molecule has 0 saturated heterocycles. The first-order valence-electron chi connectivity index (χ1n) is 9.82. The van der Waals surface area contributed by atoms with E-state index in [0.29, 0.717) is 47.0 Å². The zero-order valence-corrected chi connectivity index (χ0v) is 17.1. The Morgan fingerprint density at radius 3 is 2.55 bits per heavy atom. The number of non-ortho nitro benzene ring substituents is 1. The molecule has 0 fully saturated rings. The third-order valence-corrected chi connectivity index (χ3v) is 4.99. The molecule has 0 saturated carbocycles. The summed E-state index contributed by atoms with van der Waals surface area (Å²) >= 11 is 0. The molecule has 31 heavy (non-hydrogen) atoms. The molecular weight excluding hydrogens is 398 g/mol. The fraction of sp³-hybridized carbons (Fsp3) is 0.227. The zero-order chi connectivity index (χ0) is 22.0. The van der Waals surface area contributed by atoms with Gasteiger partial charge in [-0.1, -0.05) is 12.1 Å². The summed E-state index contributed by atoms with van der Waals surface area (Å²) in [6.45, 7) is 5.04. The van der Waals surface area contributed by atoms with E-state index < -0.39 is 4.92 Å². The molecule has 9 heteroatoms. The van der Waals surface area contributed by atoms with Crippen LogP contribution in [0.2, 0.25) is 0 Å². The summed E-state index contributed by atoms with van der Waals surface area (Å²) in [5, 5.41) is 11.4. The van der Waals surface area contributed by atoms with Crippen molar-refractivity contribution in [1.29, 1.82) is 0 Å². The number of fused-ring (bicyclic) bond motifs is 1. The van der Waals surface area contributed by atoms with Gasteiger partial charge in [0, 0.05) is 30.3 Å². The molecule has 0 atom stereocenters. The number of aromatic amines is 1. The predicted octanol–water partition coefficient (Wildman–Crippen LogP) is 3.90. The van der Waals surface area contributed by atoms with E-state index in [1.54, 1.807) is 24.5 Å². The fourth-order valence-electron chi connectivity index (χ4n) is 3.27. The number of nitrogens with zero attached hydrogens (tertiary/aromatic N) is 4. The summed E-state index contributed by atoms with van der Waals surface area (Å²) in [6, 6.07) is 13.5. The van der Waals surface area contributed by atoms with Crippen LogP contribution in [0.3, 0.4) is 0 Å². The van der Waals surface area contributed by atoms with Gasteiger partial charge in [-0.25, -0.2) is 9.97 Å². The molecule has 4 aromatic rings. The number of benzene rings is 2. The van der Waals surface area contributed by atoms with Crippen LogP contribution < -0.4 is 5.56 Å². The molecule has 0 aliphatic carbocycles. The van der Waals surface area contributed by atoms with Crippen molar-refractivity contribution in [3.8, 4) is 11.5 Å². The van der Waals surface area contributed by atoms with Crippen molar-refractivity contribution in [3.05, 3.63) is 86.8 Å². The van der Waals surface area contributed by atoms with Crippen LogP contribution in [0, 0.1) is 10.1 Å². The Morgan fingerprint density at radius 2 is 1.84 bits per heavy atom. The fourth-order valence-corrected chi connectivity index (χ4v) is 3.27. The second-order valence-electron chi connectivity index (χ2n) is 7.48. The number of hydrogen-bond acceptors (Lipinski definition) is 7. The van der Waals surface area contributed by atoms with Gasteiger partial charge in [0.2, 0.25) is 5.89 Å². The van der Waals surface area contributed by atoms with Gasteiger partial charge in [-0.3, -0.25) is 19.8 Å². The second-order valence-corrected chi connectivity index (χ2v) is 7.48. The molecule has 0 aliphatic rings. The third kappa shape index (κ3) is 4.51. The van der Waals surface area contributed by atoms with Crippen molar-refractivity contribution in [1.82, 2.24) is 19.9 Å². The summed E-state index contributed by atoms with van der Waals surface area (Å²) in [4.78, 5) is 36.8. The van der Waals surface area contributed by atoms with Crippen molar-refractivity contribution in [3.63, 3.8) is 0 Å². The van der Waals surface area contributed by atoms with Crippen LogP contribution in [0.4, 0.5) is 5.69 Å². The average molecular weight is 419 g/mol. The van der Waals surface area contributed by atoms with Crippen LogP contribution in [-0.2, 0) is 13.1 Å². The topological polar surface area (TPSA) is 118 Å². The minimum Gasteiger partial charge on any atom is -0.444 e. The molecule has 0 spiro atoms. The quantitative estimate of drug-likeness (QED) is 0.356. The van der Waals surface area contributed by atoms with Crippen molar-refractivity contribution in [2.75, 3.05) is 0 Å². The highest BCUT2D eigenvalue weighted by Gasteiger charge is 2.17. The van der Waals surface area contributed by atoms with Gasteiger partial charge in [0.25, 0.3) is 11.2 Å². The molecule has 0 aliphatic heterocycles. The van der Waals surface area contributed by atoms with E-state index in [1.165, 1.54) is 12.1 Å². The molecule has 0 amide bonds. The smallest absolute Gasteiger partial charge is 0.269 e. The Balaban J connectivity index is 1.53. The number of aromatic nitrogens is 3. The third-order valence-electron chi connectivity index (χ3n) is 4.99. The summed E-state index contributed by atoms with van der Waals surface area (Å²) in [5.74, 6) is 0.974. The number of nitro benzene ring substituents is 1. The van der Waals surface area contributed by atoms with E-state index in [2.05, 4.69) is 33.7 Å². The number of para-hydroxylation sites is 1. The number of rotatable bonds is 7. The van der Waals surface area contributed by atoms with Gasteiger partial charge in [0.05, 0.1) is 28.1 Å². The second kappa shape index (κ2) is 8.49. The lowest BCUT2D eigenvalue weighted by Gasteiger charge is -2.24. The largest absolute Gasteiger partial charge is 0.444 e. The van der Waals surface area contributed by atoms with E-state index in [4.69, 9.17) is 4.42 Å². The molecule has 2 aromatic carbocycles. The normalized spacial score (nSPS) is 11.5. The lowest BCUT2D eigenvalue weighted by molar-refractivity contribution is -0.384. The molecule has 0 bridgehead atoms. The Morgan fingerprint density at radius 1 is 1.10 bits per heavy atom. The predicted molar refractivity (Wildman–Crippen MR) is 115 cm³/mol. The van der Waals surface area contributed by atoms with Crippen molar-refractivity contribution >= 4 is 16.6 Å². The SMILES string of the molecule is CC(C)N(Cc1coc(-c2ccc([N+](=O)[O-])cc2)n1)Cc1nc2ccccc2c(=O)[nH]1. The van der Waals surface area contributed by atoms with Gasteiger partial charge in [-0.05, 0) is 38.1 Å². The molecule has 0 radical (unpaired) electrons. The highest BCUT2D eigenvalue weighted by molar-refractivity contribution is 5.77. The van der Waals surface area contributed by atoms with Crippen LogP contribution in [0.1, 0.15) is 25.4 Å². The molecule has 4 rings (SSSR count). The van der Waals surface area contributed by atoms with Crippen LogP contribution in [0.15, 0.2) is 64.0 Å². The Bertz CT molecular complexity index is 1280. The zero-order valence-electron chi connectivity index (χ0n) is 17.1. The summed E-state index contributed by atoms with van der Waals surface area (Å²) in [5.41, 5.74) is 1.88. The average Bonchev–Trinajstić information content (AvgIpc) is 3.22. The van der Waals surface area contributed by atoms with Gasteiger partial charge in [-0.2, -0.15) is 0 Å². The van der Waals surface area contributed by atoms with E-state index >= 15 is 0 Å². The van der Waals surface area contributed by atoms with Crippen molar-refractivity contribution in [2.45, 2.75) is 33.0 Å². The van der Waals surface area contributed by atoms with Gasteiger partial charge in [0.15, 0.2) is 0 Å². The van der Waals surface area contributed by atoms with Gasteiger partial charge in [-0.15, -0.1) is 0 Å². The lowest BCUT2D eigenvalue weighted by atomic mass is 10.2. The minimum absolute atomic E-state index is 0.0124. The van der Waals surface area contributed by atoms with Gasteiger partial charge in [0.1, 0.15) is 12.1 Å². The highest BCUT2D eigenvalue weighted by atomic mass is 16.6. The van der Waals surface area contributed by atoms with E-state index in [9.17, 15) is 14.9 Å². The van der Waals surface area contributed by atoms with Crippen molar-refractivity contribution in [2.24, 2.45) is 0 Å². The van der Waals surface area contributed by atoms with Gasteiger partial charge >= 0.3 is 0 Å². The monoisotopic (exact) mass is 419 g/mol. The van der Waals surface area contributed by atoms with Crippen LogP contribution >= 0.6 is 0 Å². The maximum Gasteiger partial charge on any atom is 0.269 e. The maximum atomic E-state index is 12.4. The molecule has 9 nitrogen and oxygen atoms in total. The maximum absolute atomic E-state index is 12.4. The number of H-pyrrole nitrogens is 1. The van der Waals surface area contributed by atoms with Crippen LogP contribution in [-0.4, -0.2) is 30.8 Å². The van der Waals surface area contributed by atoms with Gasteiger partial charge < -0.3 is 9.40 Å². The number of hydrogen-bond donors (Lipinski definition) is 1. The summed E-state index contributed by atoms with van der Waals surface area (Å²) < 4.78 is 5.58. The molecule has 1 N–H and O–H groups in total. The molecule has 0 unspecified atom stereocenters. The number of nitro groups is 1. The molecule has 2 aromatic heterocycles. The Hall–Kier alpha value is -3.85. The first kappa shape index (κ1) is 20.4. The molecular formula is C22H21N5O4. The van der Waals surface area contributed by atoms with E-state index in [1.807, 2.05) is 18.2 Å². The summed E-state index contributed by atoms with van der Waals surface area (Å²) in [7, 11) is 0. The van der Waals surface area contributed by atoms with Crippen molar-refractivity contribution < 1.29 is 9.34 Å². The number of nitrogens with one attached hydrogen (secondary N) is 1. The van der Waals surface area contributed by atoms with E-state index in [0.717, 1.165) is 0 Å². The van der Waals surface area contributed by atoms with E-state index in [-0.39, 0.29) is 17.3 Å².